The number of pyridine rings is 1. The van der Waals surface area contributed by atoms with E-state index < -0.39 is 0 Å². The lowest BCUT2D eigenvalue weighted by Gasteiger charge is -2.32. The number of urea groups is 1. The molecule has 1 aliphatic heterocycles. The Labute approximate surface area is 136 Å². The maximum atomic E-state index is 12.4. The van der Waals surface area contributed by atoms with Crippen LogP contribution in [0.15, 0.2) is 18.3 Å². The maximum absolute atomic E-state index is 12.4. The van der Waals surface area contributed by atoms with Gasteiger partial charge in [-0.1, -0.05) is 13.8 Å². The summed E-state index contributed by atoms with van der Waals surface area (Å²) >= 11 is 0. The quantitative estimate of drug-likeness (QED) is 0.786. The van der Waals surface area contributed by atoms with Gasteiger partial charge in [0.15, 0.2) is 0 Å². The number of rotatable bonds is 4. The third kappa shape index (κ3) is 5.12. The average molecular weight is 319 g/mol. The van der Waals surface area contributed by atoms with Crippen LogP contribution in [0, 0.1) is 11.8 Å². The molecule has 1 fully saturated rings. The predicted molar refractivity (Wildman–Crippen MR) is 89.8 cm³/mol. The SMILES string of the molecule is CC(C)CNC(=O)N1CCCC(C(=O)Nc2ccc(N)nc2)C1. The molecule has 1 unspecified atom stereocenters. The molecule has 1 aliphatic rings. The molecule has 2 rings (SSSR count). The summed E-state index contributed by atoms with van der Waals surface area (Å²) in [5.74, 6) is 0.526. The zero-order valence-electron chi connectivity index (χ0n) is 13.7. The van der Waals surface area contributed by atoms with Crippen LogP contribution >= 0.6 is 0 Å². The Balaban J connectivity index is 1.88. The number of nitrogen functional groups attached to an aromatic ring is 1. The first-order valence-electron chi connectivity index (χ1n) is 8.01. The summed E-state index contributed by atoms with van der Waals surface area (Å²) in [7, 11) is 0. The van der Waals surface area contributed by atoms with Gasteiger partial charge in [0.25, 0.3) is 0 Å². The van der Waals surface area contributed by atoms with Crippen molar-refractivity contribution in [3.8, 4) is 0 Å². The van der Waals surface area contributed by atoms with Gasteiger partial charge in [-0.3, -0.25) is 4.79 Å². The zero-order chi connectivity index (χ0) is 16.8. The third-order valence-corrected chi connectivity index (χ3v) is 3.79. The number of amides is 3. The van der Waals surface area contributed by atoms with Crippen molar-refractivity contribution in [1.82, 2.24) is 15.2 Å². The third-order valence-electron chi connectivity index (χ3n) is 3.79. The van der Waals surface area contributed by atoms with Crippen LogP contribution in [0.4, 0.5) is 16.3 Å². The van der Waals surface area contributed by atoms with E-state index >= 15 is 0 Å². The summed E-state index contributed by atoms with van der Waals surface area (Å²) < 4.78 is 0. The van der Waals surface area contributed by atoms with E-state index in [9.17, 15) is 9.59 Å². The van der Waals surface area contributed by atoms with E-state index in [0.717, 1.165) is 12.8 Å². The van der Waals surface area contributed by atoms with Gasteiger partial charge in [-0.05, 0) is 30.9 Å². The van der Waals surface area contributed by atoms with Crippen LogP contribution in [0.25, 0.3) is 0 Å². The Kier molecular flexibility index (Phi) is 5.78. The lowest BCUT2D eigenvalue weighted by molar-refractivity contribution is -0.121. The van der Waals surface area contributed by atoms with Crippen molar-refractivity contribution < 1.29 is 9.59 Å². The number of hydrogen-bond donors (Lipinski definition) is 3. The van der Waals surface area contributed by atoms with Crippen LogP contribution in [0.2, 0.25) is 0 Å². The van der Waals surface area contributed by atoms with Crippen molar-refractivity contribution in [3.63, 3.8) is 0 Å². The van der Waals surface area contributed by atoms with Gasteiger partial charge in [0.1, 0.15) is 5.82 Å². The second-order valence-corrected chi connectivity index (χ2v) is 6.33. The number of piperidine rings is 1. The minimum Gasteiger partial charge on any atom is -0.384 e. The van der Waals surface area contributed by atoms with E-state index in [-0.39, 0.29) is 17.9 Å². The van der Waals surface area contributed by atoms with Gasteiger partial charge in [-0.15, -0.1) is 0 Å². The Morgan fingerprint density at radius 1 is 1.43 bits per heavy atom. The number of nitrogens with one attached hydrogen (secondary N) is 2. The fourth-order valence-electron chi connectivity index (χ4n) is 2.50. The predicted octanol–water partition coefficient (Wildman–Crippen LogP) is 1.68. The minimum absolute atomic E-state index is 0.0852. The van der Waals surface area contributed by atoms with Crippen LogP contribution in [-0.4, -0.2) is 41.5 Å². The smallest absolute Gasteiger partial charge is 0.317 e. The number of carbonyl (C=O) groups is 2. The number of aromatic nitrogens is 1. The Morgan fingerprint density at radius 3 is 2.87 bits per heavy atom. The highest BCUT2D eigenvalue weighted by molar-refractivity contribution is 5.93. The molecule has 0 bridgehead atoms. The number of likely N-dealkylation sites (tertiary alicyclic amines) is 1. The number of nitrogens with zero attached hydrogens (tertiary/aromatic N) is 2. The molecular weight excluding hydrogens is 294 g/mol. The van der Waals surface area contributed by atoms with E-state index in [2.05, 4.69) is 15.6 Å². The van der Waals surface area contributed by atoms with Gasteiger partial charge in [0.05, 0.1) is 17.8 Å². The molecule has 0 radical (unpaired) electrons. The first kappa shape index (κ1) is 17.1. The second kappa shape index (κ2) is 7.80. The Hall–Kier alpha value is -2.31. The van der Waals surface area contributed by atoms with Gasteiger partial charge in [0.2, 0.25) is 5.91 Å². The van der Waals surface area contributed by atoms with Crippen molar-refractivity contribution in [2.24, 2.45) is 11.8 Å². The lowest BCUT2D eigenvalue weighted by Crippen LogP contribution is -2.48. The summed E-state index contributed by atoms with van der Waals surface area (Å²) in [6, 6.07) is 3.27. The number of carbonyl (C=O) groups excluding carboxylic acids is 2. The molecule has 2 heterocycles. The summed E-state index contributed by atoms with van der Waals surface area (Å²) in [5.41, 5.74) is 6.14. The average Bonchev–Trinajstić information content (AvgIpc) is 2.54. The van der Waals surface area contributed by atoms with Crippen LogP contribution in [-0.2, 0) is 4.79 Å². The van der Waals surface area contributed by atoms with E-state index in [1.54, 1.807) is 17.0 Å². The fraction of sp³-hybridized carbons (Fsp3) is 0.562. The van der Waals surface area contributed by atoms with Crippen LogP contribution in [0.1, 0.15) is 26.7 Å². The lowest BCUT2D eigenvalue weighted by atomic mass is 9.97. The summed E-state index contributed by atoms with van der Waals surface area (Å²) in [6.45, 7) is 5.87. The van der Waals surface area contributed by atoms with Crippen molar-refractivity contribution in [3.05, 3.63) is 18.3 Å². The van der Waals surface area contributed by atoms with Gasteiger partial charge in [-0.25, -0.2) is 9.78 Å². The molecule has 0 aromatic carbocycles. The van der Waals surface area contributed by atoms with E-state index in [4.69, 9.17) is 5.73 Å². The van der Waals surface area contributed by atoms with Crippen LogP contribution in [0.5, 0.6) is 0 Å². The minimum atomic E-state index is -0.203. The van der Waals surface area contributed by atoms with E-state index in [0.29, 0.717) is 37.1 Å². The van der Waals surface area contributed by atoms with Crippen molar-refractivity contribution in [2.75, 3.05) is 30.7 Å². The number of nitrogens with two attached hydrogens (primary N) is 1. The van der Waals surface area contributed by atoms with Crippen molar-refractivity contribution in [1.29, 1.82) is 0 Å². The molecule has 1 aromatic rings. The summed E-state index contributed by atoms with van der Waals surface area (Å²) in [4.78, 5) is 30.2. The first-order chi connectivity index (χ1) is 11.0. The second-order valence-electron chi connectivity index (χ2n) is 6.33. The highest BCUT2D eigenvalue weighted by Gasteiger charge is 2.28. The van der Waals surface area contributed by atoms with Gasteiger partial charge < -0.3 is 21.3 Å². The Bertz CT molecular complexity index is 544. The topological polar surface area (TPSA) is 100 Å². The summed E-state index contributed by atoms with van der Waals surface area (Å²) in [6.07, 6.45) is 3.14. The molecule has 1 aromatic heterocycles. The van der Waals surface area contributed by atoms with Crippen molar-refractivity contribution >= 4 is 23.4 Å². The molecule has 0 aliphatic carbocycles. The van der Waals surface area contributed by atoms with Gasteiger partial charge >= 0.3 is 6.03 Å². The molecule has 3 amide bonds. The highest BCUT2D eigenvalue weighted by atomic mass is 16.2. The zero-order valence-corrected chi connectivity index (χ0v) is 13.7. The number of hydrogen-bond acceptors (Lipinski definition) is 4. The summed E-state index contributed by atoms with van der Waals surface area (Å²) in [5, 5.41) is 5.73. The maximum Gasteiger partial charge on any atom is 0.317 e. The molecule has 0 saturated carbocycles. The van der Waals surface area contributed by atoms with Gasteiger partial charge in [0, 0.05) is 19.6 Å². The molecule has 7 heteroatoms. The molecule has 0 spiro atoms. The van der Waals surface area contributed by atoms with Crippen molar-refractivity contribution in [2.45, 2.75) is 26.7 Å². The fourth-order valence-corrected chi connectivity index (χ4v) is 2.50. The largest absolute Gasteiger partial charge is 0.384 e. The molecule has 1 atom stereocenters. The normalized spacial score (nSPS) is 17.9. The highest BCUT2D eigenvalue weighted by Crippen LogP contribution is 2.19. The molecular formula is C16H25N5O2. The van der Waals surface area contributed by atoms with E-state index in [1.165, 1.54) is 6.20 Å². The van der Waals surface area contributed by atoms with Gasteiger partial charge in [-0.2, -0.15) is 0 Å². The first-order valence-corrected chi connectivity index (χ1v) is 8.01. The molecule has 126 valence electrons. The van der Waals surface area contributed by atoms with E-state index in [1.807, 2.05) is 13.8 Å². The standard InChI is InChI=1S/C16H25N5O2/c1-11(2)8-19-16(23)21-7-3-4-12(10-21)15(22)20-13-5-6-14(17)18-9-13/h5-6,9,11-12H,3-4,7-8,10H2,1-2H3,(H2,17,18)(H,19,23)(H,20,22). The van der Waals surface area contributed by atoms with Crippen LogP contribution in [0.3, 0.4) is 0 Å². The molecule has 4 N–H and O–H groups in total. The monoisotopic (exact) mass is 319 g/mol. The molecule has 7 nitrogen and oxygen atoms in total. The number of anilines is 2. The molecule has 23 heavy (non-hydrogen) atoms. The Morgan fingerprint density at radius 2 is 2.22 bits per heavy atom. The van der Waals surface area contributed by atoms with Crippen LogP contribution < -0.4 is 16.4 Å². The molecule has 1 saturated heterocycles.